The van der Waals surface area contributed by atoms with Crippen molar-refractivity contribution in [3.8, 4) is 0 Å². The van der Waals surface area contributed by atoms with Crippen molar-refractivity contribution in [2.75, 3.05) is 6.61 Å². The van der Waals surface area contributed by atoms with E-state index in [4.69, 9.17) is 11.2 Å². The Bertz CT molecular complexity index is 598. The summed E-state index contributed by atoms with van der Waals surface area (Å²) in [7, 11) is 1.35. The normalized spacial score (nSPS) is 36.7. The van der Waals surface area contributed by atoms with Crippen molar-refractivity contribution in [3.05, 3.63) is 32.6 Å². The van der Waals surface area contributed by atoms with Crippen molar-refractivity contribution in [2.24, 2.45) is 7.05 Å². The average molecular weight is 259 g/mol. The molecule has 1 aliphatic rings. The van der Waals surface area contributed by atoms with E-state index in [9.17, 15) is 19.8 Å². The Balaban J connectivity index is 2.55. The summed E-state index contributed by atoms with van der Waals surface area (Å²) in [6, 6.07) is 0. The zero-order valence-electron chi connectivity index (χ0n) is 10.5. The molecule has 1 aromatic heterocycles. The molecule has 0 aromatic carbocycles. The Kier molecular flexibility index (Phi) is 3.00. The highest BCUT2D eigenvalue weighted by Crippen LogP contribution is 2.31. The third kappa shape index (κ3) is 1.99. The minimum Gasteiger partial charge on any atom is -0.394 e. The minimum absolute atomic E-state index is 0.322. The number of rotatable bonds is 2. The summed E-state index contributed by atoms with van der Waals surface area (Å²) in [5.41, 5.74) is -1.89. The third-order valence-electron chi connectivity index (χ3n) is 2.80. The summed E-state index contributed by atoms with van der Waals surface area (Å²) in [6.07, 6.45) is -5.58. The smallest absolute Gasteiger partial charge is 0.328 e. The summed E-state index contributed by atoms with van der Waals surface area (Å²) >= 11 is 0. The van der Waals surface area contributed by atoms with Crippen molar-refractivity contribution in [2.45, 2.75) is 24.4 Å². The Labute approximate surface area is 102 Å². The van der Waals surface area contributed by atoms with Crippen LogP contribution in [0.1, 0.15) is 13.0 Å². The highest BCUT2D eigenvalue weighted by atomic mass is 16.6. The number of aliphatic hydroxyl groups excluding tert-OH is 3. The van der Waals surface area contributed by atoms with Crippen LogP contribution in [0.4, 0.5) is 0 Å². The lowest BCUT2D eigenvalue weighted by atomic mass is 10.0. The molecule has 0 spiro atoms. The van der Waals surface area contributed by atoms with Crippen molar-refractivity contribution in [3.63, 3.8) is 0 Å². The van der Waals surface area contributed by atoms with Gasteiger partial charge in [0.2, 0.25) is 0 Å². The summed E-state index contributed by atoms with van der Waals surface area (Å²) in [6.45, 7) is -0.609. The van der Waals surface area contributed by atoms with Crippen molar-refractivity contribution in [1.29, 1.82) is 0 Å². The molecule has 1 aliphatic heterocycles. The second kappa shape index (κ2) is 4.65. The van der Waals surface area contributed by atoms with Crippen LogP contribution in [0.2, 0.25) is 0 Å². The zero-order chi connectivity index (χ0) is 14.4. The lowest BCUT2D eigenvalue weighted by Crippen LogP contribution is -2.35. The summed E-state index contributed by atoms with van der Waals surface area (Å²) in [4.78, 5) is 24.9. The molecule has 0 radical (unpaired) electrons. The first kappa shape index (κ1) is 11.6. The van der Waals surface area contributed by atoms with Crippen molar-refractivity contribution >= 4 is 0 Å². The number of aromatic amines is 1. The van der Waals surface area contributed by atoms with Gasteiger partial charge in [0.25, 0.3) is 5.56 Å². The predicted octanol–water partition coefficient (Wildman–Crippen LogP) is -2.77. The molecule has 1 saturated heterocycles. The van der Waals surface area contributed by atoms with Crippen LogP contribution in [0.15, 0.2) is 15.8 Å². The molecule has 0 unspecified atom stereocenters. The summed E-state index contributed by atoms with van der Waals surface area (Å²) in [5.74, 6) is 0. The van der Waals surface area contributed by atoms with Crippen molar-refractivity contribution in [1.82, 2.24) is 9.55 Å². The second-order valence-corrected chi connectivity index (χ2v) is 4.05. The Morgan fingerprint density at radius 2 is 2.17 bits per heavy atom. The Hall–Kier alpha value is -1.48. The Morgan fingerprint density at radius 3 is 2.72 bits per heavy atom. The quantitative estimate of drug-likeness (QED) is 0.455. The van der Waals surface area contributed by atoms with Crippen LogP contribution in [0.3, 0.4) is 0 Å². The monoisotopic (exact) mass is 259 g/mol. The van der Waals surface area contributed by atoms with Gasteiger partial charge in [0.05, 0.1) is 13.5 Å². The zero-order valence-corrected chi connectivity index (χ0v) is 9.53. The largest absolute Gasteiger partial charge is 0.394 e. The maximum absolute atomic E-state index is 11.7. The first-order valence-corrected chi connectivity index (χ1v) is 5.26. The van der Waals surface area contributed by atoms with E-state index in [2.05, 4.69) is 0 Å². The highest BCUT2D eigenvalue weighted by Gasteiger charge is 2.44. The molecule has 18 heavy (non-hydrogen) atoms. The van der Waals surface area contributed by atoms with Gasteiger partial charge in [-0.1, -0.05) is 0 Å². The third-order valence-corrected chi connectivity index (χ3v) is 2.80. The summed E-state index contributed by atoms with van der Waals surface area (Å²) < 4.78 is 14.1. The molecule has 0 bridgehead atoms. The van der Waals surface area contributed by atoms with Crippen LogP contribution in [0, 0.1) is 0 Å². The minimum atomic E-state index is -2.24. The maximum Gasteiger partial charge on any atom is 0.328 e. The van der Waals surface area contributed by atoms with Gasteiger partial charge in [-0.15, -0.1) is 0 Å². The van der Waals surface area contributed by atoms with Gasteiger partial charge in [0.1, 0.15) is 24.4 Å². The van der Waals surface area contributed by atoms with E-state index in [1.165, 1.54) is 7.05 Å². The molecular formula is C10H14N2O6. The second-order valence-electron chi connectivity index (χ2n) is 4.05. The van der Waals surface area contributed by atoms with Crippen LogP contribution in [0.25, 0.3) is 0 Å². The van der Waals surface area contributed by atoms with E-state index >= 15 is 0 Å². The maximum atomic E-state index is 11.7. The number of ether oxygens (including phenoxy) is 1. The molecule has 4 atom stereocenters. The van der Waals surface area contributed by atoms with E-state index in [0.29, 0.717) is 0 Å². The van der Waals surface area contributed by atoms with Gasteiger partial charge in [-0.2, -0.15) is 0 Å². The lowest BCUT2D eigenvalue weighted by molar-refractivity contribution is -0.0233. The number of nitrogens with zero attached hydrogens (tertiary/aromatic N) is 1. The van der Waals surface area contributed by atoms with E-state index in [1.54, 1.807) is 0 Å². The van der Waals surface area contributed by atoms with Crippen molar-refractivity contribution < 1.29 is 21.4 Å². The van der Waals surface area contributed by atoms with Crippen LogP contribution in [-0.2, 0) is 11.8 Å². The van der Waals surface area contributed by atoms with Gasteiger partial charge in [-0.25, -0.2) is 4.79 Å². The fourth-order valence-electron chi connectivity index (χ4n) is 1.77. The van der Waals surface area contributed by atoms with Gasteiger partial charge in [0.15, 0.2) is 0 Å². The molecule has 2 heterocycles. The number of hydrogen-bond acceptors (Lipinski definition) is 6. The summed E-state index contributed by atoms with van der Waals surface area (Å²) in [5, 5.41) is 28.5. The molecule has 0 saturated carbocycles. The number of nitrogens with one attached hydrogen (secondary N) is 1. The highest BCUT2D eigenvalue weighted by molar-refractivity contribution is 5.14. The first-order chi connectivity index (χ1) is 8.81. The molecule has 0 amide bonds. The fourth-order valence-corrected chi connectivity index (χ4v) is 1.77. The van der Waals surface area contributed by atoms with E-state index in [-0.39, 0.29) is 5.56 Å². The fraction of sp³-hybridized carbons (Fsp3) is 0.600. The van der Waals surface area contributed by atoms with Crippen LogP contribution < -0.4 is 11.2 Å². The topological polar surface area (TPSA) is 125 Å². The van der Waals surface area contributed by atoms with E-state index < -0.39 is 42.2 Å². The van der Waals surface area contributed by atoms with Gasteiger partial charge < -0.3 is 24.6 Å². The molecule has 1 aromatic rings. The van der Waals surface area contributed by atoms with Crippen LogP contribution in [-0.4, -0.2) is 49.8 Å². The van der Waals surface area contributed by atoms with Crippen LogP contribution >= 0.6 is 0 Å². The number of aliphatic hydroxyl groups is 3. The van der Waals surface area contributed by atoms with Gasteiger partial charge in [-0.3, -0.25) is 9.78 Å². The Morgan fingerprint density at radius 1 is 1.50 bits per heavy atom. The van der Waals surface area contributed by atoms with E-state index in [0.717, 1.165) is 10.8 Å². The SMILES string of the molecule is [2H][C@@]1(c2cn(C)c(=O)[nH]c2=O)O[C@H](CO)[C@@H](O)[C@H]1O. The molecule has 2 rings (SSSR count). The number of aromatic nitrogens is 2. The van der Waals surface area contributed by atoms with Crippen LogP contribution in [0.5, 0.6) is 0 Å². The van der Waals surface area contributed by atoms with Gasteiger partial charge in [-0.05, 0) is 0 Å². The molecule has 8 nitrogen and oxygen atoms in total. The van der Waals surface area contributed by atoms with E-state index in [1.807, 2.05) is 4.98 Å². The number of H-pyrrole nitrogens is 1. The molecule has 0 aliphatic carbocycles. The molecule has 1 fully saturated rings. The number of hydrogen-bond donors (Lipinski definition) is 4. The molecule has 8 heteroatoms. The predicted molar refractivity (Wildman–Crippen MR) is 59.0 cm³/mol. The van der Waals surface area contributed by atoms with Gasteiger partial charge in [0, 0.05) is 13.2 Å². The standard InChI is InChI=1S/C10H14N2O6/c1-12-2-4(9(16)11-10(12)17)8-7(15)6(14)5(3-13)18-8/h2,5-8,13-15H,3H2,1H3,(H,11,16,17)/t5-,6-,7-,8+/m1/s1/i8D. The lowest BCUT2D eigenvalue weighted by Gasteiger charge is -2.14. The number of aryl methyl sites for hydroxylation is 1. The molecule has 100 valence electrons. The molecular weight excluding hydrogens is 244 g/mol. The van der Waals surface area contributed by atoms with Gasteiger partial charge >= 0.3 is 5.69 Å². The first-order valence-electron chi connectivity index (χ1n) is 5.76. The average Bonchev–Trinajstić information content (AvgIpc) is 2.59. The molecule has 4 N–H and O–H groups in total.